The summed E-state index contributed by atoms with van der Waals surface area (Å²) in [5, 5.41) is 4.03. The number of anilines is 2. The normalized spacial score (nSPS) is 10.9. The zero-order valence-electron chi connectivity index (χ0n) is 10.9. The largest absolute Gasteiger partial charge is 0.368 e. The van der Waals surface area contributed by atoms with Crippen LogP contribution in [0.2, 0.25) is 0 Å². The van der Waals surface area contributed by atoms with Gasteiger partial charge in [0.25, 0.3) is 0 Å². The molecule has 98 valence electrons. The Kier molecular flexibility index (Phi) is 6.43. The lowest BCUT2D eigenvalue weighted by atomic mass is 10.1. The molecule has 0 saturated carbocycles. The molecule has 1 heterocycles. The summed E-state index contributed by atoms with van der Waals surface area (Å²) >= 11 is 0. The summed E-state index contributed by atoms with van der Waals surface area (Å²) in [7, 11) is 0. The average molecular weight is 239 g/mol. The van der Waals surface area contributed by atoms with Crippen molar-refractivity contribution in [2.75, 3.05) is 11.5 Å². The van der Waals surface area contributed by atoms with Gasteiger partial charge in [0.2, 0.25) is 11.9 Å². The molecule has 0 spiro atoms. The molecule has 17 heavy (non-hydrogen) atoms. The van der Waals surface area contributed by atoms with E-state index >= 15 is 0 Å². The van der Waals surface area contributed by atoms with Crippen molar-refractivity contribution in [3.63, 3.8) is 0 Å². The number of rotatable bonds is 9. The van der Waals surface area contributed by atoms with Crippen molar-refractivity contribution >= 4 is 11.9 Å². The SMILES string of the molecule is CCCCCCCCCCn1nc(N)nc1N. The molecule has 5 nitrogen and oxygen atoms in total. The number of hydrogen-bond acceptors (Lipinski definition) is 4. The molecule has 0 aliphatic carbocycles. The highest BCUT2D eigenvalue weighted by atomic mass is 15.4. The monoisotopic (exact) mass is 239 g/mol. The first-order valence-corrected chi connectivity index (χ1v) is 6.70. The molecule has 4 N–H and O–H groups in total. The molecule has 0 fully saturated rings. The van der Waals surface area contributed by atoms with Crippen LogP contribution in [0.4, 0.5) is 11.9 Å². The van der Waals surface area contributed by atoms with E-state index in [0.717, 1.165) is 13.0 Å². The molecule has 0 bridgehead atoms. The zero-order chi connectivity index (χ0) is 12.5. The van der Waals surface area contributed by atoms with E-state index in [1.165, 1.54) is 44.9 Å². The van der Waals surface area contributed by atoms with E-state index in [9.17, 15) is 0 Å². The molecule has 0 amide bonds. The first-order valence-electron chi connectivity index (χ1n) is 6.70. The summed E-state index contributed by atoms with van der Waals surface area (Å²) in [6, 6.07) is 0. The molecule has 0 radical (unpaired) electrons. The van der Waals surface area contributed by atoms with E-state index in [1.807, 2.05) is 0 Å². The van der Waals surface area contributed by atoms with E-state index < -0.39 is 0 Å². The first kappa shape index (κ1) is 13.8. The molecule has 0 atom stereocenters. The lowest BCUT2D eigenvalue weighted by molar-refractivity contribution is 0.524. The second-order valence-corrected chi connectivity index (χ2v) is 4.53. The third-order valence-electron chi connectivity index (χ3n) is 2.94. The molecule has 0 aliphatic rings. The topological polar surface area (TPSA) is 82.8 Å². The van der Waals surface area contributed by atoms with Crippen LogP contribution in [0.3, 0.4) is 0 Å². The van der Waals surface area contributed by atoms with E-state index in [0.29, 0.717) is 5.95 Å². The van der Waals surface area contributed by atoms with E-state index in [2.05, 4.69) is 17.0 Å². The van der Waals surface area contributed by atoms with E-state index in [1.54, 1.807) is 4.68 Å². The minimum Gasteiger partial charge on any atom is -0.368 e. The Morgan fingerprint density at radius 1 is 0.941 bits per heavy atom. The van der Waals surface area contributed by atoms with Crippen LogP contribution in [-0.4, -0.2) is 14.8 Å². The summed E-state index contributed by atoms with van der Waals surface area (Å²) in [5.41, 5.74) is 11.1. The van der Waals surface area contributed by atoms with Gasteiger partial charge in [-0.05, 0) is 6.42 Å². The molecule has 0 unspecified atom stereocenters. The molecule has 1 rings (SSSR count). The minimum absolute atomic E-state index is 0.266. The van der Waals surface area contributed by atoms with Gasteiger partial charge in [0, 0.05) is 6.54 Å². The Morgan fingerprint density at radius 3 is 2.06 bits per heavy atom. The third kappa shape index (κ3) is 5.56. The van der Waals surface area contributed by atoms with Gasteiger partial charge in [0.15, 0.2) is 0 Å². The summed E-state index contributed by atoms with van der Waals surface area (Å²) in [6.45, 7) is 3.07. The number of aryl methyl sites for hydroxylation is 1. The van der Waals surface area contributed by atoms with Crippen molar-refractivity contribution in [3.8, 4) is 0 Å². The van der Waals surface area contributed by atoms with Crippen molar-refractivity contribution in [1.29, 1.82) is 0 Å². The molecule has 1 aromatic heterocycles. The quantitative estimate of drug-likeness (QED) is 0.649. The summed E-state index contributed by atoms with van der Waals surface area (Å²) < 4.78 is 1.69. The Balaban J connectivity index is 1.99. The number of unbranched alkanes of at least 4 members (excludes halogenated alkanes) is 7. The van der Waals surface area contributed by atoms with Crippen LogP contribution < -0.4 is 11.5 Å². The lowest BCUT2D eigenvalue weighted by Gasteiger charge is -2.03. The fourth-order valence-corrected chi connectivity index (χ4v) is 1.93. The van der Waals surface area contributed by atoms with Crippen LogP contribution in [0.1, 0.15) is 58.3 Å². The predicted molar refractivity (Wildman–Crippen MR) is 71.5 cm³/mol. The maximum atomic E-state index is 5.65. The van der Waals surface area contributed by atoms with Crippen molar-refractivity contribution in [2.24, 2.45) is 0 Å². The average Bonchev–Trinajstić information content (AvgIpc) is 2.61. The van der Waals surface area contributed by atoms with Gasteiger partial charge in [-0.25, -0.2) is 4.68 Å². The minimum atomic E-state index is 0.266. The maximum absolute atomic E-state index is 5.65. The highest BCUT2D eigenvalue weighted by molar-refractivity contribution is 5.25. The maximum Gasteiger partial charge on any atom is 0.241 e. The highest BCUT2D eigenvalue weighted by Gasteiger charge is 2.02. The molecule has 0 aliphatic heterocycles. The standard InChI is InChI=1S/C12H25N5/c1-2-3-4-5-6-7-8-9-10-17-12(14)15-11(13)16-17/h2-10H2,1H3,(H4,13,14,15,16). The lowest BCUT2D eigenvalue weighted by Crippen LogP contribution is -2.05. The molecular weight excluding hydrogens is 214 g/mol. The van der Waals surface area contributed by atoms with Gasteiger partial charge in [-0.2, -0.15) is 4.98 Å². The van der Waals surface area contributed by atoms with E-state index in [4.69, 9.17) is 11.5 Å². The second kappa shape index (κ2) is 7.92. The van der Waals surface area contributed by atoms with Gasteiger partial charge in [0.05, 0.1) is 0 Å². The Hall–Kier alpha value is -1.26. The Bertz CT molecular complexity index is 308. The van der Waals surface area contributed by atoms with Gasteiger partial charge in [0.1, 0.15) is 0 Å². The fraction of sp³-hybridized carbons (Fsp3) is 0.833. The Labute approximate surface area is 104 Å². The molecule has 0 aromatic carbocycles. The fourth-order valence-electron chi connectivity index (χ4n) is 1.93. The number of nitrogens with two attached hydrogens (primary N) is 2. The molecular formula is C12H25N5. The van der Waals surface area contributed by atoms with Gasteiger partial charge in [-0.1, -0.05) is 51.9 Å². The summed E-state index contributed by atoms with van der Waals surface area (Å²) in [4.78, 5) is 3.87. The number of nitrogen functional groups attached to an aromatic ring is 2. The zero-order valence-corrected chi connectivity index (χ0v) is 10.9. The molecule has 1 aromatic rings. The number of hydrogen-bond donors (Lipinski definition) is 2. The second-order valence-electron chi connectivity index (χ2n) is 4.53. The van der Waals surface area contributed by atoms with Crippen molar-refractivity contribution in [2.45, 2.75) is 64.8 Å². The highest BCUT2D eigenvalue weighted by Crippen LogP contribution is 2.10. The third-order valence-corrected chi connectivity index (χ3v) is 2.94. The van der Waals surface area contributed by atoms with Crippen molar-refractivity contribution < 1.29 is 0 Å². The number of aromatic nitrogens is 3. The van der Waals surface area contributed by atoms with Crippen molar-refractivity contribution in [3.05, 3.63) is 0 Å². The summed E-state index contributed by atoms with van der Waals surface area (Å²) in [5.74, 6) is 0.688. The van der Waals surface area contributed by atoms with Crippen LogP contribution in [-0.2, 0) is 6.54 Å². The van der Waals surface area contributed by atoms with Gasteiger partial charge >= 0.3 is 0 Å². The summed E-state index contributed by atoms with van der Waals surface area (Å²) in [6.07, 6.45) is 10.4. The van der Waals surface area contributed by atoms with Crippen molar-refractivity contribution in [1.82, 2.24) is 14.8 Å². The van der Waals surface area contributed by atoms with E-state index in [-0.39, 0.29) is 5.95 Å². The Morgan fingerprint density at radius 2 is 1.53 bits per heavy atom. The van der Waals surface area contributed by atoms with Crippen LogP contribution >= 0.6 is 0 Å². The van der Waals surface area contributed by atoms with Crippen LogP contribution in [0.5, 0.6) is 0 Å². The van der Waals surface area contributed by atoms with Crippen LogP contribution in [0.25, 0.3) is 0 Å². The number of nitrogens with zero attached hydrogens (tertiary/aromatic N) is 3. The van der Waals surface area contributed by atoms with Crippen LogP contribution in [0, 0.1) is 0 Å². The first-order chi connectivity index (χ1) is 8.24. The van der Waals surface area contributed by atoms with Gasteiger partial charge < -0.3 is 11.5 Å². The predicted octanol–water partition coefficient (Wildman–Crippen LogP) is 2.58. The molecule has 5 heteroatoms. The molecule has 0 saturated heterocycles. The van der Waals surface area contributed by atoms with Gasteiger partial charge in [-0.3, -0.25) is 0 Å². The van der Waals surface area contributed by atoms with Gasteiger partial charge in [-0.15, -0.1) is 5.10 Å². The van der Waals surface area contributed by atoms with Crippen LogP contribution in [0.15, 0.2) is 0 Å². The smallest absolute Gasteiger partial charge is 0.241 e.